The number of pyridine rings is 1. The number of rotatable bonds is 5. The highest BCUT2D eigenvalue weighted by Crippen LogP contribution is 2.39. The van der Waals surface area contributed by atoms with Gasteiger partial charge in [0.25, 0.3) is 11.6 Å². The second kappa shape index (κ2) is 8.92. The number of carbonyl (C=O) groups excluding carboxylic acids is 2. The predicted molar refractivity (Wildman–Crippen MR) is 135 cm³/mol. The normalized spacial score (nSPS) is 13.7. The third kappa shape index (κ3) is 3.69. The van der Waals surface area contributed by atoms with Gasteiger partial charge in [-0.3, -0.25) is 9.59 Å². The second-order valence-corrected chi connectivity index (χ2v) is 8.97. The summed E-state index contributed by atoms with van der Waals surface area (Å²) in [7, 11) is 0. The lowest BCUT2D eigenvalue weighted by atomic mass is 10.0. The lowest BCUT2D eigenvalue weighted by Crippen LogP contribution is -2.39. The van der Waals surface area contributed by atoms with Crippen LogP contribution in [0.5, 0.6) is 5.88 Å². The number of amides is 2. The van der Waals surface area contributed by atoms with Crippen LogP contribution in [0.3, 0.4) is 0 Å². The van der Waals surface area contributed by atoms with Crippen LogP contribution in [0, 0.1) is 20.8 Å². The van der Waals surface area contributed by atoms with Crippen LogP contribution < -0.4 is 14.6 Å². The zero-order valence-electron chi connectivity index (χ0n) is 20.6. The van der Waals surface area contributed by atoms with Gasteiger partial charge in [-0.1, -0.05) is 42.8 Å². The monoisotopic (exact) mass is 478 g/mol. The summed E-state index contributed by atoms with van der Waals surface area (Å²) in [6.45, 7) is 7.73. The molecule has 3 heterocycles. The average Bonchev–Trinajstić information content (AvgIpc) is 3.32. The molecule has 5 rings (SSSR count). The minimum absolute atomic E-state index is 0.0653. The van der Waals surface area contributed by atoms with Crippen molar-refractivity contribution in [1.82, 2.24) is 9.78 Å². The van der Waals surface area contributed by atoms with E-state index in [0.717, 1.165) is 21.6 Å². The molecule has 1 aliphatic rings. The second-order valence-electron chi connectivity index (χ2n) is 8.97. The Hall–Kier alpha value is -4.52. The molecular formula is C29H26N4O3. The standard InChI is InChI=1S/C29H26N4O3/c1-5-22-24(28(35)33(30-22)23-12-11-19(3)17-20(23)4)25-26(31-15-13-18(2)14-16-31)29(36)32(27(25)34)21-9-7-6-8-10-21/h6-17H,5H2,1-4H3. The van der Waals surface area contributed by atoms with Gasteiger partial charge in [0.15, 0.2) is 12.4 Å². The smallest absolute Gasteiger partial charge is 0.331 e. The molecule has 0 saturated heterocycles. The predicted octanol–water partition coefficient (Wildman–Crippen LogP) is 3.66. The van der Waals surface area contributed by atoms with Crippen LogP contribution in [-0.4, -0.2) is 21.6 Å². The summed E-state index contributed by atoms with van der Waals surface area (Å²) in [6, 6.07) is 18.2. The molecule has 7 nitrogen and oxygen atoms in total. The van der Waals surface area contributed by atoms with Crippen molar-refractivity contribution in [1.29, 1.82) is 0 Å². The van der Waals surface area contributed by atoms with Crippen molar-refractivity contribution in [2.45, 2.75) is 34.1 Å². The van der Waals surface area contributed by atoms with Crippen LogP contribution in [0.25, 0.3) is 17.0 Å². The highest BCUT2D eigenvalue weighted by molar-refractivity contribution is 6.53. The van der Waals surface area contributed by atoms with Crippen LogP contribution in [0.15, 0.2) is 73.1 Å². The van der Waals surface area contributed by atoms with Gasteiger partial charge in [0.05, 0.1) is 17.1 Å². The Kier molecular flexibility index (Phi) is 5.76. The fourth-order valence-corrected chi connectivity index (χ4v) is 4.60. The molecule has 36 heavy (non-hydrogen) atoms. The largest absolute Gasteiger partial charge is 0.858 e. The lowest BCUT2D eigenvalue weighted by Gasteiger charge is -2.16. The van der Waals surface area contributed by atoms with E-state index in [0.29, 0.717) is 23.5 Å². The Morgan fingerprint density at radius 2 is 1.58 bits per heavy atom. The molecule has 2 aromatic heterocycles. The molecule has 0 N–H and O–H groups in total. The van der Waals surface area contributed by atoms with Crippen molar-refractivity contribution in [3.63, 3.8) is 0 Å². The van der Waals surface area contributed by atoms with Crippen LogP contribution >= 0.6 is 0 Å². The maximum atomic E-state index is 13.9. The minimum atomic E-state index is -0.541. The molecule has 0 fully saturated rings. The van der Waals surface area contributed by atoms with Crippen LogP contribution in [0.1, 0.15) is 34.9 Å². The first-order valence-electron chi connectivity index (χ1n) is 11.8. The molecule has 1 aliphatic heterocycles. The lowest BCUT2D eigenvalue weighted by molar-refractivity contribution is -0.576. The van der Waals surface area contributed by atoms with E-state index in [9.17, 15) is 14.7 Å². The summed E-state index contributed by atoms with van der Waals surface area (Å²) in [4.78, 5) is 28.8. The zero-order chi connectivity index (χ0) is 25.6. The van der Waals surface area contributed by atoms with Crippen molar-refractivity contribution < 1.29 is 19.3 Å². The maximum Gasteiger partial charge on any atom is 0.331 e. The van der Waals surface area contributed by atoms with E-state index in [1.165, 1.54) is 4.68 Å². The number of benzene rings is 2. The minimum Gasteiger partial charge on any atom is -0.858 e. The van der Waals surface area contributed by atoms with Gasteiger partial charge in [-0.25, -0.2) is 9.58 Å². The van der Waals surface area contributed by atoms with Crippen LogP contribution in [-0.2, 0) is 16.0 Å². The first-order valence-corrected chi connectivity index (χ1v) is 11.8. The molecular weight excluding hydrogens is 452 g/mol. The third-order valence-electron chi connectivity index (χ3n) is 6.41. The molecule has 2 aromatic carbocycles. The Bertz CT molecular complexity index is 1530. The molecule has 0 aliphatic carbocycles. The van der Waals surface area contributed by atoms with Gasteiger partial charge in [-0.2, -0.15) is 9.67 Å². The van der Waals surface area contributed by atoms with Crippen LogP contribution in [0.4, 0.5) is 5.69 Å². The Labute approximate surface area is 209 Å². The molecule has 7 heteroatoms. The van der Waals surface area contributed by atoms with Gasteiger partial charge < -0.3 is 5.11 Å². The zero-order valence-corrected chi connectivity index (χ0v) is 20.6. The summed E-state index contributed by atoms with van der Waals surface area (Å²) in [5, 5.41) is 18.5. The summed E-state index contributed by atoms with van der Waals surface area (Å²) in [6.07, 6.45) is 3.88. The van der Waals surface area contributed by atoms with Gasteiger partial charge in [0.2, 0.25) is 0 Å². The number of para-hydroxylation sites is 1. The molecule has 0 atom stereocenters. The van der Waals surface area contributed by atoms with Crippen molar-refractivity contribution in [3.05, 3.63) is 101 Å². The van der Waals surface area contributed by atoms with Crippen molar-refractivity contribution in [2.24, 2.45) is 0 Å². The molecule has 0 radical (unpaired) electrons. The number of anilines is 1. The quantitative estimate of drug-likeness (QED) is 0.324. The van der Waals surface area contributed by atoms with E-state index in [4.69, 9.17) is 0 Å². The average molecular weight is 479 g/mol. The fraction of sp³-hybridized carbons (Fsp3) is 0.172. The Balaban J connectivity index is 1.78. The SMILES string of the molecule is CCc1nn(-c2ccc(C)cc2C)c([O-])c1C1=C([n+]2ccc(C)cc2)C(=O)N(c2ccccc2)C1=O. The molecule has 0 saturated carbocycles. The van der Waals surface area contributed by atoms with E-state index in [1.54, 1.807) is 41.2 Å². The number of hydrogen-bond donors (Lipinski definition) is 0. The number of aromatic nitrogens is 3. The molecule has 0 spiro atoms. The summed E-state index contributed by atoms with van der Waals surface area (Å²) >= 11 is 0. The van der Waals surface area contributed by atoms with Crippen molar-refractivity contribution >= 4 is 28.8 Å². The topological polar surface area (TPSA) is 82.1 Å². The van der Waals surface area contributed by atoms with Gasteiger partial charge >= 0.3 is 5.91 Å². The van der Waals surface area contributed by atoms with E-state index >= 15 is 0 Å². The first kappa shape index (κ1) is 23.2. The number of nitrogens with zero attached hydrogens (tertiary/aromatic N) is 4. The first-order chi connectivity index (χ1) is 17.3. The van der Waals surface area contributed by atoms with Crippen molar-refractivity contribution in [3.8, 4) is 11.6 Å². The van der Waals surface area contributed by atoms with Gasteiger partial charge in [-0.05, 0) is 62.4 Å². The maximum absolute atomic E-state index is 13.9. The van der Waals surface area contributed by atoms with Gasteiger partial charge in [0, 0.05) is 17.7 Å². The molecule has 4 aromatic rings. The Morgan fingerprint density at radius 3 is 2.22 bits per heavy atom. The van der Waals surface area contributed by atoms with E-state index in [-0.39, 0.29) is 16.8 Å². The molecule has 2 amide bonds. The molecule has 0 unspecified atom stereocenters. The summed E-state index contributed by atoms with van der Waals surface area (Å²) in [5.74, 6) is -1.45. The third-order valence-corrected chi connectivity index (χ3v) is 6.41. The Morgan fingerprint density at radius 1 is 0.889 bits per heavy atom. The summed E-state index contributed by atoms with van der Waals surface area (Å²) in [5.41, 5.74) is 4.90. The van der Waals surface area contributed by atoms with Gasteiger partial charge in [0.1, 0.15) is 5.57 Å². The van der Waals surface area contributed by atoms with E-state index in [1.807, 2.05) is 64.1 Å². The highest BCUT2D eigenvalue weighted by atomic mass is 16.3. The number of hydrogen-bond acceptors (Lipinski definition) is 4. The van der Waals surface area contributed by atoms with Gasteiger partial charge in [-0.15, -0.1) is 0 Å². The summed E-state index contributed by atoms with van der Waals surface area (Å²) < 4.78 is 2.95. The fourth-order valence-electron chi connectivity index (χ4n) is 4.60. The van der Waals surface area contributed by atoms with Crippen molar-refractivity contribution in [2.75, 3.05) is 4.90 Å². The molecule has 180 valence electrons. The van der Waals surface area contributed by atoms with E-state index < -0.39 is 17.7 Å². The number of aryl methyl sites for hydroxylation is 4. The number of carbonyl (C=O) groups is 2. The highest BCUT2D eigenvalue weighted by Gasteiger charge is 2.47. The molecule has 0 bridgehead atoms. The number of imide groups is 1. The van der Waals surface area contributed by atoms with E-state index in [2.05, 4.69) is 5.10 Å². The van der Waals surface area contributed by atoms with Crippen LogP contribution in [0.2, 0.25) is 0 Å².